The SMILES string of the molecule is O=Cc1c(N2CCOCC2)n(-c2ccccc2)c2ccccc12. The lowest BCUT2D eigenvalue weighted by Crippen LogP contribution is -2.37. The second kappa shape index (κ2) is 5.89. The van der Waals surface area contributed by atoms with Gasteiger partial charge in [0.15, 0.2) is 6.29 Å². The van der Waals surface area contributed by atoms with Gasteiger partial charge in [0.2, 0.25) is 0 Å². The maximum atomic E-state index is 11.9. The molecule has 0 bridgehead atoms. The Labute approximate surface area is 134 Å². The summed E-state index contributed by atoms with van der Waals surface area (Å²) in [6, 6.07) is 18.3. The number of rotatable bonds is 3. The van der Waals surface area contributed by atoms with Crippen molar-refractivity contribution in [1.29, 1.82) is 0 Å². The zero-order valence-electron chi connectivity index (χ0n) is 12.8. The number of morpholine rings is 1. The zero-order valence-corrected chi connectivity index (χ0v) is 12.8. The van der Waals surface area contributed by atoms with E-state index in [1.54, 1.807) is 0 Å². The summed E-state index contributed by atoms with van der Waals surface area (Å²) in [7, 11) is 0. The first-order valence-electron chi connectivity index (χ1n) is 7.87. The Bertz CT molecular complexity index is 833. The van der Waals surface area contributed by atoms with Crippen molar-refractivity contribution in [3.8, 4) is 5.69 Å². The van der Waals surface area contributed by atoms with Crippen LogP contribution in [0.3, 0.4) is 0 Å². The van der Waals surface area contributed by atoms with Crippen LogP contribution in [0.5, 0.6) is 0 Å². The molecule has 116 valence electrons. The highest BCUT2D eigenvalue weighted by molar-refractivity contribution is 6.05. The summed E-state index contributed by atoms with van der Waals surface area (Å²) < 4.78 is 7.66. The fraction of sp³-hybridized carbons (Fsp3) is 0.211. The molecule has 1 aliphatic rings. The van der Waals surface area contributed by atoms with Gasteiger partial charge in [0.05, 0.1) is 24.3 Å². The van der Waals surface area contributed by atoms with Gasteiger partial charge in [-0.3, -0.25) is 9.36 Å². The fourth-order valence-electron chi connectivity index (χ4n) is 3.29. The quantitative estimate of drug-likeness (QED) is 0.697. The molecule has 0 atom stereocenters. The number of anilines is 1. The average Bonchev–Trinajstić information content (AvgIpc) is 2.97. The Morgan fingerprint density at radius 3 is 2.35 bits per heavy atom. The van der Waals surface area contributed by atoms with Gasteiger partial charge in [-0.05, 0) is 18.2 Å². The van der Waals surface area contributed by atoms with Crippen molar-refractivity contribution in [2.24, 2.45) is 0 Å². The number of carbonyl (C=O) groups excluding carboxylic acids is 1. The third kappa shape index (κ3) is 2.32. The molecule has 1 fully saturated rings. The Morgan fingerprint density at radius 1 is 0.913 bits per heavy atom. The van der Waals surface area contributed by atoms with Gasteiger partial charge in [-0.1, -0.05) is 36.4 Å². The van der Waals surface area contributed by atoms with Gasteiger partial charge in [0.25, 0.3) is 0 Å². The molecule has 0 aliphatic carbocycles. The molecule has 0 amide bonds. The van der Waals surface area contributed by atoms with Crippen LogP contribution in [0, 0.1) is 0 Å². The first-order chi connectivity index (χ1) is 11.4. The first-order valence-corrected chi connectivity index (χ1v) is 7.87. The summed E-state index contributed by atoms with van der Waals surface area (Å²) in [6.07, 6.45) is 0.979. The first kappa shape index (κ1) is 14.0. The Hall–Kier alpha value is -2.59. The number of para-hydroxylation sites is 2. The number of carbonyl (C=O) groups is 1. The molecule has 2 heterocycles. The van der Waals surface area contributed by atoms with Gasteiger partial charge in [-0.25, -0.2) is 0 Å². The van der Waals surface area contributed by atoms with Crippen molar-refractivity contribution in [3.05, 3.63) is 60.2 Å². The fourth-order valence-corrected chi connectivity index (χ4v) is 3.29. The number of hydrogen-bond acceptors (Lipinski definition) is 3. The number of aromatic nitrogens is 1. The van der Waals surface area contributed by atoms with Crippen molar-refractivity contribution < 1.29 is 9.53 Å². The Kier molecular flexibility index (Phi) is 3.60. The van der Waals surface area contributed by atoms with E-state index in [1.807, 2.05) is 36.4 Å². The minimum Gasteiger partial charge on any atom is -0.378 e. The second-order valence-electron chi connectivity index (χ2n) is 5.64. The number of nitrogens with zero attached hydrogens (tertiary/aromatic N) is 2. The maximum Gasteiger partial charge on any atom is 0.154 e. The van der Waals surface area contributed by atoms with E-state index < -0.39 is 0 Å². The summed E-state index contributed by atoms with van der Waals surface area (Å²) in [5.41, 5.74) is 2.88. The van der Waals surface area contributed by atoms with Crippen LogP contribution in [-0.4, -0.2) is 37.2 Å². The van der Waals surface area contributed by atoms with Crippen molar-refractivity contribution >= 4 is 23.0 Å². The van der Waals surface area contributed by atoms with E-state index in [2.05, 4.69) is 27.7 Å². The third-order valence-corrected chi connectivity index (χ3v) is 4.33. The molecule has 0 N–H and O–H groups in total. The third-order valence-electron chi connectivity index (χ3n) is 4.33. The van der Waals surface area contributed by atoms with Crippen molar-refractivity contribution in [2.45, 2.75) is 0 Å². The van der Waals surface area contributed by atoms with E-state index in [0.717, 1.165) is 47.3 Å². The van der Waals surface area contributed by atoms with Gasteiger partial charge in [0.1, 0.15) is 5.82 Å². The van der Waals surface area contributed by atoms with Crippen molar-refractivity contribution in [2.75, 3.05) is 31.2 Å². The van der Waals surface area contributed by atoms with Crippen LogP contribution in [-0.2, 0) is 4.74 Å². The Balaban J connectivity index is 2.03. The predicted molar refractivity (Wildman–Crippen MR) is 91.7 cm³/mol. The normalized spacial score (nSPS) is 15.0. The smallest absolute Gasteiger partial charge is 0.154 e. The molecule has 1 aliphatic heterocycles. The molecule has 4 heteroatoms. The highest BCUT2D eigenvalue weighted by Gasteiger charge is 2.23. The largest absolute Gasteiger partial charge is 0.378 e. The average molecular weight is 306 g/mol. The molecule has 23 heavy (non-hydrogen) atoms. The van der Waals surface area contributed by atoms with Crippen LogP contribution in [0.2, 0.25) is 0 Å². The topological polar surface area (TPSA) is 34.5 Å². The van der Waals surface area contributed by atoms with Gasteiger partial charge in [0, 0.05) is 24.2 Å². The highest BCUT2D eigenvalue weighted by Crippen LogP contribution is 2.35. The summed E-state index contributed by atoms with van der Waals surface area (Å²) in [6.45, 7) is 2.97. The lowest BCUT2D eigenvalue weighted by Gasteiger charge is -2.30. The number of aldehydes is 1. The summed E-state index contributed by atoms with van der Waals surface area (Å²) >= 11 is 0. The number of hydrogen-bond donors (Lipinski definition) is 0. The van der Waals surface area contributed by atoms with Crippen LogP contribution in [0.4, 0.5) is 5.82 Å². The predicted octanol–water partition coefficient (Wildman–Crippen LogP) is 3.28. The van der Waals surface area contributed by atoms with E-state index in [9.17, 15) is 4.79 Å². The minimum atomic E-state index is 0.689. The van der Waals surface area contributed by atoms with Crippen LogP contribution in [0.1, 0.15) is 10.4 Å². The van der Waals surface area contributed by atoms with Crippen molar-refractivity contribution in [3.63, 3.8) is 0 Å². The van der Waals surface area contributed by atoms with E-state index in [4.69, 9.17) is 4.74 Å². The molecule has 0 saturated carbocycles. The second-order valence-corrected chi connectivity index (χ2v) is 5.64. The van der Waals surface area contributed by atoms with Crippen LogP contribution in [0.25, 0.3) is 16.6 Å². The standard InChI is InChI=1S/C19H18N2O2/c22-14-17-16-8-4-5-9-18(16)21(15-6-2-1-3-7-15)19(17)20-10-12-23-13-11-20/h1-9,14H,10-13H2. The van der Waals surface area contributed by atoms with Gasteiger partial charge < -0.3 is 9.64 Å². The molecule has 3 aromatic rings. The highest BCUT2D eigenvalue weighted by atomic mass is 16.5. The molecule has 2 aromatic carbocycles. The molecule has 0 unspecified atom stereocenters. The molecular formula is C19H18N2O2. The molecule has 1 aromatic heterocycles. The summed E-state index contributed by atoms with van der Waals surface area (Å²) in [4.78, 5) is 14.1. The van der Waals surface area contributed by atoms with E-state index in [0.29, 0.717) is 13.2 Å². The summed E-state index contributed by atoms with van der Waals surface area (Å²) in [5, 5.41) is 0.993. The van der Waals surface area contributed by atoms with Gasteiger partial charge >= 0.3 is 0 Å². The van der Waals surface area contributed by atoms with Crippen LogP contribution < -0.4 is 4.90 Å². The molecule has 1 saturated heterocycles. The van der Waals surface area contributed by atoms with E-state index >= 15 is 0 Å². The van der Waals surface area contributed by atoms with Gasteiger partial charge in [-0.15, -0.1) is 0 Å². The minimum absolute atomic E-state index is 0.689. The molecule has 0 radical (unpaired) electrons. The monoisotopic (exact) mass is 306 g/mol. The van der Waals surface area contributed by atoms with E-state index in [-0.39, 0.29) is 0 Å². The molecular weight excluding hydrogens is 288 g/mol. The molecule has 4 nitrogen and oxygen atoms in total. The lowest BCUT2D eigenvalue weighted by atomic mass is 10.2. The molecule has 0 spiro atoms. The Morgan fingerprint density at radius 2 is 1.61 bits per heavy atom. The lowest BCUT2D eigenvalue weighted by molar-refractivity contribution is 0.112. The molecule has 4 rings (SSSR count). The van der Waals surface area contributed by atoms with Crippen molar-refractivity contribution in [1.82, 2.24) is 4.57 Å². The summed E-state index contributed by atoms with van der Waals surface area (Å²) in [5.74, 6) is 0.968. The van der Waals surface area contributed by atoms with E-state index in [1.165, 1.54) is 0 Å². The van der Waals surface area contributed by atoms with Gasteiger partial charge in [-0.2, -0.15) is 0 Å². The van der Waals surface area contributed by atoms with Crippen LogP contribution in [0.15, 0.2) is 54.6 Å². The number of ether oxygens (including phenoxy) is 1. The maximum absolute atomic E-state index is 11.9. The zero-order chi connectivity index (χ0) is 15.6. The number of fused-ring (bicyclic) bond motifs is 1. The van der Waals surface area contributed by atoms with Crippen LogP contribution >= 0.6 is 0 Å². The number of benzene rings is 2.